The summed E-state index contributed by atoms with van der Waals surface area (Å²) in [7, 11) is 0. The molecule has 0 spiro atoms. The highest BCUT2D eigenvalue weighted by atomic mass is 16.5. The third kappa shape index (κ3) is 2.44. The quantitative estimate of drug-likeness (QED) is 0.858. The number of rotatable bonds is 3. The van der Waals surface area contributed by atoms with Crippen LogP contribution in [0.4, 0.5) is 5.82 Å². The Bertz CT molecular complexity index is 580. The molecule has 0 N–H and O–H groups in total. The molecule has 112 valence electrons. The number of carbonyl (C=O) groups is 1. The topological polar surface area (TPSA) is 56.5 Å². The number of ketones is 1. The molecule has 21 heavy (non-hydrogen) atoms. The Balaban J connectivity index is 1.62. The Labute approximate surface area is 124 Å². The van der Waals surface area contributed by atoms with Gasteiger partial charge >= 0.3 is 0 Å². The third-order valence-electron chi connectivity index (χ3n) is 4.98. The van der Waals surface area contributed by atoms with Crippen LogP contribution in [0.3, 0.4) is 0 Å². The molecule has 5 nitrogen and oxygen atoms in total. The molecule has 1 saturated heterocycles. The number of nitrogens with zero attached hydrogens (tertiary/aromatic N) is 3. The Kier molecular flexibility index (Phi) is 3.37. The Morgan fingerprint density at radius 1 is 1.24 bits per heavy atom. The van der Waals surface area contributed by atoms with Crippen LogP contribution in [0.1, 0.15) is 61.3 Å². The van der Waals surface area contributed by atoms with Crippen LogP contribution in [0, 0.1) is 5.92 Å². The summed E-state index contributed by atoms with van der Waals surface area (Å²) in [5.74, 6) is 1.73. The van der Waals surface area contributed by atoms with Crippen molar-refractivity contribution in [1.82, 2.24) is 9.78 Å². The molecule has 0 amide bonds. The Morgan fingerprint density at radius 3 is 2.76 bits per heavy atom. The highest BCUT2D eigenvalue weighted by Gasteiger charge is 2.29. The highest BCUT2D eigenvalue weighted by molar-refractivity contribution is 6.15. The van der Waals surface area contributed by atoms with Gasteiger partial charge in [0.1, 0.15) is 0 Å². The first-order chi connectivity index (χ1) is 10.3. The average molecular weight is 287 g/mol. The predicted octanol–water partition coefficient (Wildman–Crippen LogP) is 3.08. The van der Waals surface area contributed by atoms with Crippen molar-refractivity contribution in [2.45, 2.75) is 51.0 Å². The molecule has 2 fully saturated rings. The number of hydrogen-bond donors (Lipinski definition) is 0. The molecule has 0 radical (unpaired) electrons. The molecule has 2 aliphatic heterocycles. The van der Waals surface area contributed by atoms with Crippen LogP contribution in [-0.4, -0.2) is 34.5 Å². The molecule has 3 aliphatic rings. The largest absolute Gasteiger partial charge is 0.381 e. The van der Waals surface area contributed by atoms with E-state index in [9.17, 15) is 4.79 Å². The van der Waals surface area contributed by atoms with E-state index >= 15 is 0 Å². The van der Waals surface area contributed by atoms with Crippen molar-refractivity contribution in [3.63, 3.8) is 0 Å². The van der Waals surface area contributed by atoms with Crippen LogP contribution < -0.4 is 0 Å². The van der Waals surface area contributed by atoms with Crippen molar-refractivity contribution in [1.29, 1.82) is 0 Å². The molecule has 0 atom stereocenters. The summed E-state index contributed by atoms with van der Waals surface area (Å²) in [5.41, 5.74) is 1.77. The predicted molar refractivity (Wildman–Crippen MR) is 79.3 cm³/mol. The number of ether oxygens (including phenoxy) is 1. The van der Waals surface area contributed by atoms with Gasteiger partial charge in [-0.05, 0) is 25.2 Å². The van der Waals surface area contributed by atoms with Gasteiger partial charge in [0.05, 0.1) is 17.8 Å². The van der Waals surface area contributed by atoms with Crippen LogP contribution >= 0.6 is 0 Å². The molecule has 1 aromatic rings. The maximum atomic E-state index is 12.3. The highest BCUT2D eigenvalue weighted by Crippen LogP contribution is 2.35. The Morgan fingerprint density at radius 2 is 2.05 bits per heavy atom. The molecule has 5 heteroatoms. The van der Waals surface area contributed by atoms with Crippen molar-refractivity contribution in [2.75, 3.05) is 13.2 Å². The summed E-state index contributed by atoms with van der Waals surface area (Å²) in [6, 6.07) is 0.321. The summed E-state index contributed by atoms with van der Waals surface area (Å²) in [6.45, 7) is 1.54. The Hall–Kier alpha value is -1.49. The van der Waals surface area contributed by atoms with E-state index in [1.54, 1.807) is 6.20 Å². The molecule has 1 saturated carbocycles. The van der Waals surface area contributed by atoms with Gasteiger partial charge in [-0.3, -0.25) is 4.79 Å². The average Bonchev–Trinajstić information content (AvgIpc) is 2.88. The summed E-state index contributed by atoms with van der Waals surface area (Å²) in [6.07, 6.45) is 9.01. The second kappa shape index (κ2) is 5.37. The van der Waals surface area contributed by atoms with Crippen molar-refractivity contribution in [3.8, 4) is 0 Å². The van der Waals surface area contributed by atoms with Gasteiger partial charge in [-0.15, -0.1) is 0 Å². The van der Waals surface area contributed by atoms with E-state index in [1.165, 1.54) is 19.3 Å². The summed E-state index contributed by atoms with van der Waals surface area (Å²) in [5, 5.41) is 4.45. The standard InChI is InChI=1S/C16H21N3O2/c20-15-9-12(8-11-2-1-3-11)18-16-14(15)10-17-19(16)13-4-6-21-7-5-13/h10-11,13H,1-9H2. The lowest BCUT2D eigenvalue weighted by atomic mass is 9.80. The molecule has 4 rings (SSSR count). The summed E-state index contributed by atoms with van der Waals surface area (Å²) >= 11 is 0. The van der Waals surface area contributed by atoms with E-state index in [2.05, 4.69) is 5.10 Å². The lowest BCUT2D eigenvalue weighted by Crippen LogP contribution is -2.23. The van der Waals surface area contributed by atoms with E-state index in [1.807, 2.05) is 4.68 Å². The van der Waals surface area contributed by atoms with Crippen molar-refractivity contribution >= 4 is 17.3 Å². The number of carbonyl (C=O) groups excluding carboxylic acids is 1. The van der Waals surface area contributed by atoms with Gasteiger partial charge in [-0.1, -0.05) is 19.3 Å². The minimum absolute atomic E-state index is 0.188. The first-order valence-corrected chi connectivity index (χ1v) is 8.06. The van der Waals surface area contributed by atoms with Crippen LogP contribution in [0.2, 0.25) is 0 Å². The number of Topliss-reactive ketones (excluding diaryl/α,β-unsaturated/α-hetero) is 1. The normalized spacial score (nSPS) is 23.6. The van der Waals surface area contributed by atoms with Crippen molar-refractivity contribution < 1.29 is 9.53 Å². The van der Waals surface area contributed by atoms with E-state index in [0.717, 1.165) is 49.9 Å². The first-order valence-electron chi connectivity index (χ1n) is 8.06. The van der Waals surface area contributed by atoms with Gasteiger partial charge in [0.25, 0.3) is 0 Å². The minimum Gasteiger partial charge on any atom is -0.381 e. The van der Waals surface area contributed by atoms with Gasteiger partial charge in [0.2, 0.25) is 0 Å². The fourth-order valence-electron chi connectivity index (χ4n) is 3.48. The molecule has 1 aromatic heterocycles. The third-order valence-corrected chi connectivity index (χ3v) is 4.98. The molecular formula is C16H21N3O2. The summed E-state index contributed by atoms with van der Waals surface area (Å²) in [4.78, 5) is 17.1. The SMILES string of the molecule is O=C1CC(CC2CCC2)=Nc2c1cnn2C1CCOCC1. The lowest BCUT2D eigenvalue weighted by molar-refractivity contribution is 0.0667. The van der Waals surface area contributed by atoms with Gasteiger partial charge in [-0.25, -0.2) is 9.67 Å². The fourth-order valence-corrected chi connectivity index (χ4v) is 3.48. The van der Waals surface area contributed by atoms with Gasteiger partial charge in [-0.2, -0.15) is 5.10 Å². The second-order valence-corrected chi connectivity index (χ2v) is 6.45. The van der Waals surface area contributed by atoms with Crippen LogP contribution in [0.15, 0.2) is 11.2 Å². The zero-order valence-corrected chi connectivity index (χ0v) is 12.3. The second-order valence-electron chi connectivity index (χ2n) is 6.45. The monoisotopic (exact) mass is 287 g/mol. The molecule has 0 unspecified atom stereocenters. The maximum absolute atomic E-state index is 12.3. The molecule has 1 aliphatic carbocycles. The number of aliphatic imine (C=N–C) groups is 1. The first kappa shape index (κ1) is 13.2. The number of fused-ring (bicyclic) bond motifs is 1. The maximum Gasteiger partial charge on any atom is 0.173 e. The fraction of sp³-hybridized carbons (Fsp3) is 0.688. The molecule has 0 aromatic carbocycles. The van der Waals surface area contributed by atoms with Gasteiger partial charge < -0.3 is 4.74 Å². The van der Waals surface area contributed by atoms with Crippen LogP contribution in [0.25, 0.3) is 0 Å². The minimum atomic E-state index is 0.188. The van der Waals surface area contributed by atoms with Gasteiger partial charge in [0, 0.05) is 25.3 Å². The van der Waals surface area contributed by atoms with E-state index in [-0.39, 0.29) is 5.78 Å². The van der Waals surface area contributed by atoms with E-state index in [4.69, 9.17) is 9.73 Å². The number of hydrogen-bond acceptors (Lipinski definition) is 4. The van der Waals surface area contributed by atoms with Crippen LogP contribution in [0.5, 0.6) is 0 Å². The van der Waals surface area contributed by atoms with Crippen LogP contribution in [-0.2, 0) is 4.74 Å². The van der Waals surface area contributed by atoms with E-state index < -0.39 is 0 Å². The summed E-state index contributed by atoms with van der Waals surface area (Å²) < 4.78 is 7.38. The zero-order chi connectivity index (χ0) is 14.2. The van der Waals surface area contributed by atoms with Crippen molar-refractivity contribution in [2.24, 2.45) is 10.9 Å². The smallest absolute Gasteiger partial charge is 0.173 e. The molecule has 0 bridgehead atoms. The van der Waals surface area contributed by atoms with Crippen molar-refractivity contribution in [3.05, 3.63) is 11.8 Å². The molecule has 3 heterocycles. The van der Waals surface area contributed by atoms with E-state index in [0.29, 0.717) is 18.0 Å². The zero-order valence-electron chi connectivity index (χ0n) is 12.3. The number of aromatic nitrogens is 2. The lowest BCUT2D eigenvalue weighted by Gasteiger charge is -2.27. The molecular weight excluding hydrogens is 266 g/mol. The van der Waals surface area contributed by atoms with Gasteiger partial charge in [0.15, 0.2) is 11.6 Å².